The molecule has 0 aliphatic carbocycles. The number of hydrogen-bond donors (Lipinski definition) is 0. The number of hydrogen-bond acceptors (Lipinski definition) is 3. The van der Waals surface area contributed by atoms with E-state index in [-0.39, 0.29) is 0 Å². The van der Waals surface area contributed by atoms with Gasteiger partial charge in [-0.3, -0.25) is 0 Å². The molecule has 0 aromatic carbocycles. The van der Waals surface area contributed by atoms with Crippen LogP contribution < -0.4 is 0 Å². The second kappa shape index (κ2) is 14.4. The molecule has 0 aliphatic heterocycles. The zero-order chi connectivity index (χ0) is 13.5. The molecule has 0 N–H and O–H groups in total. The van der Waals surface area contributed by atoms with Crippen LogP contribution >= 0.6 is 0 Å². The summed E-state index contributed by atoms with van der Waals surface area (Å²) in [4.78, 5) is 10.8. The maximum atomic E-state index is 4.20. The van der Waals surface area contributed by atoms with Crippen LogP contribution in [0.4, 0.5) is 0 Å². The highest BCUT2D eigenvalue weighted by Crippen LogP contribution is 1.98. The Balaban J connectivity index is 3.31. The SMILES string of the molecule is CCCCCN=C=NCCCCCN(CC)CC. The summed E-state index contributed by atoms with van der Waals surface area (Å²) >= 11 is 0. The first kappa shape index (κ1) is 17.3. The Kier molecular flexibility index (Phi) is 13.9. The van der Waals surface area contributed by atoms with Gasteiger partial charge in [0.1, 0.15) is 0 Å². The molecule has 0 spiro atoms. The van der Waals surface area contributed by atoms with Crippen LogP contribution in [0, 0.1) is 0 Å². The quantitative estimate of drug-likeness (QED) is 0.383. The lowest BCUT2D eigenvalue weighted by Crippen LogP contribution is -2.23. The maximum absolute atomic E-state index is 4.20. The average Bonchev–Trinajstić information content (AvgIpc) is 2.40. The zero-order valence-electron chi connectivity index (χ0n) is 12.6. The maximum Gasteiger partial charge on any atom is 0.0892 e. The van der Waals surface area contributed by atoms with Crippen LogP contribution in [0.5, 0.6) is 0 Å². The summed E-state index contributed by atoms with van der Waals surface area (Å²) in [6.45, 7) is 12.0. The molecular weight excluding hydrogens is 222 g/mol. The third kappa shape index (κ3) is 11.8. The summed E-state index contributed by atoms with van der Waals surface area (Å²) in [5.74, 6) is 0. The van der Waals surface area contributed by atoms with Gasteiger partial charge in [-0.1, -0.05) is 40.0 Å². The molecular formula is C15H31N3. The van der Waals surface area contributed by atoms with Gasteiger partial charge in [0.15, 0.2) is 0 Å². The summed E-state index contributed by atoms with van der Waals surface area (Å²) in [5, 5.41) is 0. The van der Waals surface area contributed by atoms with Crippen LogP contribution in [0.1, 0.15) is 59.3 Å². The molecule has 0 aromatic heterocycles. The van der Waals surface area contributed by atoms with Crippen molar-refractivity contribution >= 4 is 6.01 Å². The minimum absolute atomic E-state index is 0.884. The average molecular weight is 253 g/mol. The van der Waals surface area contributed by atoms with Crippen molar-refractivity contribution in [1.29, 1.82) is 0 Å². The third-order valence-corrected chi connectivity index (χ3v) is 3.15. The molecule has 0 fully saturated rings. The summed E-state index contributed by atoms with van der Waals surface area (Å²) in [6, 6.07) is 2.81. The minimum Gasteiger partial charge on any atom is -0.304 e. The normalized spacial score (nSPS) is 10.4. The van der Waals surface area contributed by atoms with Gasteiger partial charge in [-0.05, 0) is 38.9 Å². The van der Waals surface area contributed by atoms with E-state index >= 15 is 0 Å². The van der Waals surface area contributed by atoms with Gasteiger partial charge in [-0.25, -0.2) is 9.98 Å². The van der Waals surface area contributed by atoms with Crippen molar-refractivity contribution in [3.8, 4) is 0 Å². The summed E-state index contributed by atoms with van der Waals surface area (Å²) in [6.07, 6.45) is 7.39. The highest BCUT2D eigenvalue weighted by atomic mass is 15.1. The van der Waals surface area contributed by atoms with Crippen molar-refractivity contribution in [3.63, 3.8) is 0 Å². The highest BCUT2D eigenvalue weighted by Gasteiger charge is 1.97. The number of aliphatic imine (C=N–C) groups is 2. The first-order valence-electron chi connectivity index (χ1n) is 7.65. The summed E-state index contributed by atoms with van der Waals surface area (Å²) in [5.41, 5.74) is 0. The van der Waals surface area contributed by atoms with Gasteiger partial charge in [0, 0.05) is 13.1 Å². The van der Waals surface area contributed by atoms with Crippen molar-refractivity contribution in [2.24, 2.45) is 9.98 Å². The predicted octanol–water partition coefficient (Wildman–Crippen LogP) is 3.86. The number of unbranched alkanes of at least 4 members (excludes halogenated alkanes) is 4. The fraction of sp³-hybridized carbons (Fsp3) is 0.933. The van der Waals surface area contributed by atoms with E-state index in [1.807, 2.05) is 0 Å². The molecule has 0 bridgehead atoms. The second-order valence-corrected chi connectivity index (χ2v) is 4.66. The van der Waals surface area contributed by atoms with E-state index in [0.717, 1.165) is 13.1 Å². The minimum atomic E-state index is 0.884. The van der Waals surface area contributed by atoms with Gasteiger partial charge in [0.2, 0.25) is 0 Å². The van der Waals surface area contributed by atoms with E-state index in [4.69, 9.17) is 0 Å². The molecule has 0 aromatic rings. The van der Waals surface area contributed by atoms with Crippen LogP contribution in [0.15, 0.2) is 9.98 Å². The Hall–Kier alpha value is -0.660. The smallest absolute Gasteiger partial charge is 0.0892 e. The monoisotopic (exact) mass is 253 g/mol. The third-order valence-electron chi connectivity index (χ3n) is 3.15. The number of nitrogens with zero attached hydrogens (tertiary/aromatic N) is 3. The molecule has 106 valence electrons. The number of rotatable bonds is 12. The largest absolute Gasteiger partial charge is 0.304 e. The van der Waals surface area contributed by atoms with Gasteiger partial charge >= 0.3 is 0 Å². The van der Waals surface area contributed by atoms with E-state index < -0.39 is 0 Å². The van der Waals surface area contributed by atoms with Crippen LogP contribution in [-0.4, -0.2) is 43.6 Å². The molecule has 0 atom stereocenters. The fourth-order valence-corrected chi connectivity index (χ4v) is 1.83. The molecule has 18 heavy (non-hydrogen) atoms. The molecule has 0 radical (unpaired) electrons. The molecule has 0 aliphatic rings. The Morgan fingerprint density at radius 2 is 1.39 bits per heavy atom. The van der Waals surface area contributed by atoms with Gasteiger partial charge < -0.3 is 4.90 Å². The lowest BCUT2D eigenvalue weighted by molar-refractivity contribution is 0.296. The lowest BCUT2D eigenvalue weighted by atomic mass is 10.2. The topological polar surface area (TPSA) is 28.0 Å². The van der Waals surface area contributed by atoms with Crippen molar-refractivity contribution < 1.29 is 0 Å². The Morgan fingerprint density at radius 1 is 0.778 bits per heavy atom. The van der Waals surface area contributed by atoms with E-state index in [1.54, 1.807) is 0 Å². The summed E-state index contributed by atoms with van der Waals surface area (Å²) < 4.78 is 0. The van der Waals surface area contributed by atoms with Crippen LogP contribution in [-0.2, 0) is 0 Å². The van der Waals surface area contributed by atoms with E-state index in [1.165, 1.54) is 58.2 Å². The molecule has 0 unspecified atom stereocenters. The first-order valence-corrected chi connectivity index (χ1v) is 7.65. The van der Waals surface area contributed by atoms with Crippen molar-refractivity contribution in [2.45, 2.75) is 59.3 Å². The molecule has 0 amide bonds. The Morgan fingerprint density at radius 3 is 1.94 bits per heavy atom. The molecule has 0 heterocycles. The fourth-order valence-electron chi connectivity index (χ4n) is 1.83. The second-order valence-electron chi connectivity index (χ2n) is 4.66. The lowest BCUT2D eigenvalue weighted by Gasteiger charge is -2.17. The van der Waals surface area contributed by atoms with Crippen molar-refractivity contribution in [1.82, 2.24) is 4.90 Å². The molecule has 0 saturated heterocycles. The molecule has 3 heteroatoms. The highest BCUT2D eigenvalue weighted by molar-refractivity contribution is 5.40. The van der Waals surface area contributed by atoms with E-state index in [9.17, 15) is 0 Å². The van der Waals surface area contributed by atoms with Crippen LogP contribution in [0.2, 0.25) is 0 Å². The Labute approximate surface area is 113 Å². The summed E-state index contributed by atoms with van der Waals surface area (Å²) in [7, 11) is 0. The van der Waals surface area contributed by atoms with Crippen LogP contribution in [0.3, 0.4) is 0 Å². The molecule has 3 nitrogen and oxygen atoms in total. The predicted molar refractivity (Wildman–Crippen MR) is 80.8 cm³/mol. The van der Waals surface area contributed by atoms with E-state index in [0.29, 0.717) is 0 Å². The van der Waals surface area contributed by atoms with E-state index in [2.05, 4.69) is 41.7 Å². The Bertz CT molecular complexity index is 216. The molecule has 0 rings (SSSR count). The van der Waals surface area contributed by atoms with Gasteiger partial charge in [-0.2, -0.15) is 0 Å². The van der Waals surface area contributed by atoms with Gasteiger partial charge in [0.25, 0.3) is 0 Å². The van der Waals surface area contributed by atoms with Gasteiger partial charge in [0.05, 0.1) is 6.01 Å². The first-order chi connectivity index (χ1) is 8.85. The van der Waals surface area contributed by atoms with Gasteiger partial charge in [-0.15, -0.1) is 0 Å². The van der Waals surface area contributed by atoms with Crippen molar-refractivity contribution in [3.05, 3.63) is 0 Å². The standard InChI is InChI=1S/C15H31N3/c1-4-7-9-12-16-15-17-13-10-8-11-14-18(5-2)6-3/h4-14H2,1-3H3. The molecule has 0 saturated carbocycles. The zero-order valence-corrected chi connectivity index (χ0v) is 12.6. The van der Waals surface area contributed by atoms with Crippen LogP contribution in [0.25, 0.3) is 0 Å². The van der Waals surface area contributed by atoms with Crippen molar-refractivity contribution in [2.75, 3.05) is 32.7 Å².